The number of thiophene rings is 1. The number of anilines is 1. The molecule has 0 saturated heterocycles. The lowest BCUT2D eigenvalue weighted by Gasteiger charge is -2.11. The molecule has 8 heteroatoms. The van der Waals surface area contributed by atoms with Gasteiger partial charge in [0.25, 0.3) is 0 Å². The molecular formula is C19H21NO5S2. The summed E-state index contributed by atoms with van der Waals surface area (Å²) in [6.45, 7) is 3.67. The number of carbonyl (C=O) groups excluding carboxylic acids is 3. The van der Waals surface area contributed by atoms with Crippen LogP contribution in [0.25, 0.3) is 10.4 Å². The largest absolute Gasteiger partial charge is 0.468 e. The van der Waals surface area contributed by atoms with Crippen molar-refractivity contribution in [2.75, 3.05) is 24.8 Å². The van der Waals surface area contributed by atoms with E-state index in [1.54, 1.807) is 19.9 Å². The number of thioether (sulfide) groups is 1. The van der Waals surface area contributed by atoms with Gasteiger partial charge in [0.15, 0.2) is 0 Å². The fourth-order valence-corrected chi connectivity index (χ4v) is 3.90. The van der Waals surface area contributed by atoms with Gasteiger partial charge in [-0.15, -0.1) is 23.1 Å². The zero-order valence-electron chi connectivity index (χ0n) is 15.3. The Kier molecular flexibility index (Phi) is 7.87. The third-order valence-corrected chi connectivity index (χ3v) is 5.79. The van der Waals surface area contributed by atoms with Crippen LogP contribution in [-0.4, -0.2) is 42.6 Å². The van der Waals surface area contributed by atoms with Gasteiger partial charge in [-0.3, -0.25) is 9.59 Å². The number of amides is 1. The van der Waals surface area contributed by atoms with Gasteiger partial charge in [-0.2, -0.15) is 0 Å². The molecule has 2 rings (SSSR count). The molecule has 1 N–H and O–H groups in total. The van der Waals surface area contributed by atoms with Crippen LogP contribution in [0.5, 0.6) is 0 Å². The van der Waals surface area contributed by atoms with E-state index in [-0.39, 0.29) is 18.3 Å². The molecular weight excluding hydrogens is 386 g/mol. The third-order valence-electron chi connectivity index (χ3n) is 3.57. The van der Waals surface area contributed by atoms with Gasteiger partial charge in [-0.25, -0.2) is 4.79 Å². The lowest BCUT2D eigenvalue weighted by atomic mass is 10.1. The molecule has 1 amide bonds. The van der Waals surface area contributed by atoms with E-state index in [9.17, 15) is 14.4 Å². The molecule has 0 spiro atoms. The van der Waals surface area contributed by atoms with Gasteiger partial charge in [-0.05, 0) is 25.5 Å². The van der Waals surface area contributed by atoms with Crippen molar-refractivity contribution in [2.24, 2.45) is 0 Å². The quantitative estimate of drug-likeness (QED) is 0.670. The van der Waals surface area contributed by atoms with Gasteiger partial charge < -0.3 is 14.8 Å². The highest BCUT2D eigenvalue weighted by atomic mass is 32.2. The predicted octanol–water partition coefficient (Wildman–Crippen LogP) is 3.83. The van der Waals surface area contributed by atoms with Crippen molar-refractivity contribution in [3.05, 3.63) is 42.0 Å². The Bertz CT molecular complexity index is 804. The fourth-order valence-electron chi connectivity index (χ4n) is 2.13. The number of methoxy groups -OCH3 is 1. The van der Waals surface area contributed by atoms with E-state index in [1.807, 2.05) is 30.3 Å². The molecule has 0 saturated carbocycles. The number of benzene rings is 1. The molecule has 27 heavy (non-hydrogen) atoms. The van der Waals surface area contributed by atoms with Crippen LogP contribution in [-0.2, 0) is 19.1 Å². The minimum absolute atomic E-state index is 0.0789. The predicted molar refractivity (Wildman–Crippen MR) is 108 cm³/mol. The second kappa shape index (κ2) is 10.1. The van der Waals surface area contributed by atoms with Crippen LogP contribution < -0.4 is 5.32 Å². The van der Waals surface area contributed by atoms with Gasteiger partial charge in [0, 0.05) is 4.88 Å². The van der Waals surface area contributed by atoms with Crippen LogP contribution in [0.2, 0.25) is 0 Å². The molecule has 0 bridgehead atoms. The number of rotatable bonds is 8. The van der Waals surface area contributed by atoms with Crippen molar-refractivity contribution in [3.8, 4) is 10.4 Å². The first-order valence-corrected chi connectivity index (χ1v) is 10.2. The molecule has 0 fully saturated rings. The van der Waals surface area contributed by atoms with Crippen LogP contribution in [0.1, 0.15) is 24.2 Å². The van der Waals surface area contributed by atoms with E-state index in [0.29, 0.717) is 10.6 Å². The van der Waals surface area contributed by atoms with E-state index in [1.165, 1.54) is 30.2 Å². The summed E-state index contributed by atoms with van der Waals surface area (Å²) in [7, 11) is 1.30. The van der Waals surface area contributed by atoms with Gasteiger partial charge in [0.1, 0.15) is 5.00 Å². The Balaban J connectivity index is 2.20. The van der Waals surface area contributed by atoms with E-state index in [4.69, 9.17) is 4.74 Å². The minimum Gasteiger partial charge on any atom is -0.468 e. The number of hydrogen-bond acceptors (Lipinski definition) is 7. The van der Waals surface area contributed by atoms with Crippen LogP contribution in [0.4, 0.5) is 5.00 Å². The van der Waals surface area contributed by atoms with Crippen LogP contribution >= 0.6 is 23.1 Å². The van der Waals surface area contributed by atoms with Crippen molar-refractivity contribution in [2.45, 2.75) is 19.1 Å². The standard InChI is InChI=1S/C19H21NO5S2/c1-4-25-19(23)14-10-15(13-8-6-5-7-9-13)27-18(14)20-17(22)12(2)26-11-16(21)24-3/h5-10,12H,4,11H2,1-3H3,(H,20,22). The van der Waals surface area contributed by atoms with Gasteiger partial charge in [-0.1, -0.05) is 30.3 Å². The Hall–Kier alpha value is -2.32. The van der Waals surface area contributed by atoms with Gasteiger partial charge >= 0.3 is 11.9 Å². The Morgan fingerprint density at radius 3 is 2.56 bits per heavy atom. The molecule has 6 nitrogen and oxygen atoms in total. The van der Waals surface area contributed by atoms with Crippen LogP contribution in [0.15, 0.2) is 36.4 Å². The molecule has 1 aromatic carbocycles. The molecule has 1 aromatic heterocycles. The molecule has 1 heterocycles. The highest BCUT2D eigenvalue weighted by Gasteiger charge is 2.22. The third kappa shape index (κ3) is 5.83. The van der Waals surface area contributed by atoms with Crippen molar-refractivity contribution in [1.29, 1.82) is 0 Å². The highest BCUT2D eigenvalue weighted by molar-refractivity contribution is 8.01. The summed E-state index contributed by atoms with van der Waals surface area (Å²) < 4.78 is 9.68. The average Bonchev–Trinajstić information content (AvgIpc) is 3.10. The van der Waals surface area contributed by atoms with Crippen LogP contribution in [0, 0.1) is 0 Å². The zero-order chi connectivity index (χ0) is 19.8. The Labute approximate surface area is 166 Å². The first kappa shape index (κ1) is 21.0. The molecule has 144 valence electrons. The van der Waals surface area contributed by atoms with Crippen LogP contribution in [0.3, 0.4) is 0 Å². The van der Waals surface area contributed by atoms with Gasteiger partial charge in [0.2, 0.25) is 5.91 Å². The van der Waals surface area contributed by atoms with E-state index < -0.39 is 17.2 Å². The first-order valence-electron chi connectivity index (χ1n) is 8.31. The Morgan fingerprint density at radius 2 is 1.93 bits per heavy atom. The summed E-state index contributed by atoms with van der Waals surface area (Å²) in [5.74, 6) is -1.10. The average molecular weight is 408 g/mol. The number of esters is 2. The molecule has 2 aromatic rings. The number of ether oxygens (including phenoxy) is 2. The van der Waals surface area contributed by atoms with E-state index in [0.717, 1.165) is 10.4 Å². The number of carbonyl (C=O) groups is 3. The second-order valence-corrected chi connectivity index (χ2v) is 7.84. The minimum atomic E-state index is -0.485. The van der Waals surface area contributed by atoms with Gasteiger partial charge in [0.05, 0.1) is 30.3 Å². The van der Waals surface area contributed by atoms with Crippen molar-refractivity contribution >= 4 is 45.9 Å². The molecule has 1 unspecified atom stereocenters. The summed E-state index contributed by atoms with van der Waals surface area (Å²) >= 11 is 2.47. The monoisotopic (exact) mass is 407 g/mol. The smallest absolute Gasteiger partial charge is 0.341 e. The molecule has 1 atom stereocenters. The normalized spacial score (nSPS) is 11.5. The first-order chi connectivity index (χ1) is 13.0. The lowest BCUT2D eigenvalue weighted by molar-refractivity contribution is -0.137. The fraction of sp³-hybridized carbons (Fsp3) is 0.316. The summed E-state index contributed by atoms with van der Waals surface area (Å²) in [6.07, 6.45) is 0. The summed E-state index contributed by atoms with van der Waals surface area (Å²) in [5, 5.41) is 2.74. The molecule has 0 aliphatic heterocycles. The maximum atomic E-state index is 12.5. The summed E-state index contributed by atoms with van der Waals surface area (Å²) in [4.78, 5) is 36.8. The maximum Gasteiger partial charge on any atom is 0.341 e. The zero-order valence-corrected chi connectivity index (χ0v) is 16.9. The number of nitrogens with one attached hydrogen (secondary N) is 1. The Morgan fingerprint density at radius 1 is 1.22 bits per heavy atom. The SMILES string of the molecule is CCOC(=O)c1cc(-c2ccccc2)sc1NC(=O)C(C)SCC(=O)OC. The molecule has 0 aliphatic rings. The van der Waals surface area contributed by atoms with E-state index in [2.05, 4.69) is 10.1 Å². The van der Waals surface area contributed by atoms with E-state index >= 15 is 0 Å². The number of hydrogen-bond donors (Lipinski definition) is 1. The topological polar surface area (TPSA) is 81.7 Å². The second-order valence-electron chi connectivity index (χ2n) is 5.46. The highest BCUT2D eigenvalue weighted by Crippen LogP contribution is 2.36. The molecule has 0 radical (unpaired) electrons. The van der Waals surface area contributed by atoms with Crippen molar-refractivity contribution in [1.82, 2.24) is 0 Å². The summed E-state index contributed by atoms with van der Waals surface area (Å²) in [6, 6.07) is 11.3. The lowest BCUT2D eigenvalue weighted by Crippen LogP contribution is -2.24. The summed E-state index contributed by atoms with van der Waals surface area (Å²) in [5.41, 5.74) is 1.26. The maximum absolute atomic E-state index is 12.5. The molecule has 0 aliphatic carbocycles. The van der Waals surface area contributed by atoms with Crippen molar-refractivity contribution in [3.63, 3.8) is 0 Å². The van der Waals surface area contributed by atoms with Crippen molar-refractivity contribution < 1.29 is 23.9 Å².